The van der Waals surface area contributed by atoms with E-state index in [0.717, 1.165) is 17.8 Å². The van der Waals surface area contributed by atoms with Crippen LogP contribution < -0.4 is 5.32 Å². The van der Waals surface area contributed by atoms with Crippen LogP contribution in [-0.4, -0.2) is 10.5 Å². The minimum absolute atomic E-state index is 0.214. The molecule has 0 fully saturated rings. The van der Waals surface area contributed by atoms with Crippen molar-refractivity contribution in [1.82, 2.24) is 4.57 Å². The van der Waals surface area contributed by atoms with Crippen LogP contribution in [0.25, 0.3) is 5.69 Å². The van der Waals surface area contributed by atoms with Crippen molar-refractivity contribution in [3.05, 3.63) is 70.7 Å². The second kappa shape index (κ2) is 5.49. The molecule has 1 amide bonds. The average Bonchev–Trinajstić information content (AvgIpc) is 3.12. The predicted octanol–water partition coefficient (Wildman–Crippen LogP) is 4.07. The summed E-state index contributed by atoms with van der Waals surface area (Å²) in [5.41, 5.74) is 0.954. The molecule has 1 N–H and O–H groups in total. The Kier molecular flexibility index (Phi) is 3.53. The number of benzene rings is 1. The first kappa shape index (κ1) is 13.5. The van der Waals surface area contributed by atoms with E-state index in [1.807, 2.05) is 35.2 Å². The van der Waals surface area contributed by atoms with E-state index in [4.69, 9.17) is 0 Å². The number of halogens is 2. The van der Waals surface area contributed by atoms with Crippen molar-refractivity contribution < 1.29 is 13.6 Å². The standard InChI is InChI=1S/C15H10F2N2OS/c16-11-4-3-10(9-12(11)17)18-15(20)14-13(5-8-21-14)19-6-1-2-7-19/h1-9H,(H,18,20). The molecule has 0 saturated heterocycles. The van der Waals surface area contributed by atoms with Crippen molar-refractivity contribution in [2.75, 3.05) is 5.32 Å². The van der Waals surface area contributed by atoms with Gasteiger partial charge in [-0.3, -0.25) is 4.79 Å². The van der Waals surface area contributed by atoms with Crippen LogP contribution in [0.5, 0.6) is 0 Å². The highest BCUT2D eigenvalue weighted by Gasteiger charge is 2.15. The number of amides is 1. The highest BCUT2D eigenvalue weighted by Crippen LogP contribution is 2.23. The van der Waals surface area contributed by atoms with Gasteiger partial charge in [-0.05, 0) is 35.7 Å². The fraction of sp³-hybridized carbons (Fsp3) is 0. The summed E-state index contributed by atoms with van der Waals surface area (Å²) in [6, 6.07) is 8.79. The van der Waals surface area contributed by atoms with Crippen LogP contribution in [-0.2, 0) is 0 Å². The largest absolute Gasteiger partial charge is 0.322 e. The van der Waals surface area contributed by atoms with Gasteiger partial charge in [-0.2, -0.15) is 0 Å². The fourth-order valence-corrected chi connectivity index (χ4v) is 2.72. The zero-order chi connectivity index (χ0) is 14.8. The summed E-state index contributed by atoms with van der Waals surface area (Å²) in [6.45, 7) is 0. The number of anilines is 1. The first-order valence-corrected chi connectivity index (χ1v) is 7.00. The number of aromatic nitrogens is 1. The molecule has 0 aliphatic carbocycles. The van der Waals surface area contributed by atoms with Gasteiger partial charge in [0.25, 0.3) is 5.91 Å². The summed E-state index contributed by atoms with van der Waals surface area (Å²) in [7, 11) is 0. The van der Waals surface area contributed by atoms with Crippen molar-refractivity contribution in [3.63, 3.8) is 0 Å². The molecule has 6 heteroatoms. The number of carbonyl (C=O) groups excluding carboxylic acids is 1. The van der Waals surface area contributed by atoms with Gasteiger partial charge in [0.2, 0.25) is 0 Å². The molecule has 3 aromatic rings. The molecule has 1 aromatic carbocycles. The molecule has 0 saturated carbocycles. The van der Waals surface area contributed by atoms with E-state index in [2.05, 4.69) is 5.32 Å². The lowest BCUT2D eigenvalue weighted by Gasteiger charge is -2.07. The Labute approximate surface area is 123 Å². The molecule has 0 bridgehead atoms. The highest BCUT2D eigenvalue weighted by molar-refractivity contribution is 7.12. The molecule has 21 heavy (non-hydrogen) atoms. The van der Waals surface area contributed by atoms with Gasteiger partial charge in [-0.1, -0.05) is 0 Å². The summed E-state index contributed by atoms with van der Waals surface area (Å²) in [5, 5.41) is 4.37. The Balaban J connectivity index is 1.86. The van der Waals surface area contributed by atoms with Gasteiger partial charge in [-0.15, -0.1) is 11.3 Å². The average molecular weight is 304 g/mol. The fourth-order valence-electron chi connectivity index (χ4n) is 1.93. The molecule has 3 rings (SSSR count). The van der Waals surface area contributed by atoms with Gasteiger partial charge in [0, 0.05) is 24.1 Å². The molecular formula is C15H10F2N2OS. The molecule has 0 spiro atoms. The van der Waals surface area contributed by atoms with Crippen molar-refractivity contribution in [2.24, 2.45) is 0 Å². The number of thiophene rings is 1. The number of nitrogens with one attached hydrogen (secondary N) is 1. The lowest BCUT2D eigenvalue weighted by molar-refractivity contribution is 0.103. The molecule has 0 atom stereocenters. The maximum Gasteiger partial charge on any atom is 0.267 e. The van der Waals surface area contributed by atoms with Crippen LogP contribution >= 0.6 is 11.3 Å². The molecule has 106 valence electrons. The predicted molar refractivity (Wildman–Crippen MR) is 78.0 cm³/mol. The SMILES string of the molecule is O=C(Nc1ccc(F)c(F)c1)c1sccc1-n1cccc1. The normalized spacial score (nSPS) is 10.6. The van der Waals surface area contributed by atoms with Crippen molar-refractivity contribution in [3.8, 4) is 5.69 Å². The van der Waals surface area contributed by atoms with E-state index < -0.39 is 11.6 Å². The monoisotopic (exact) mass is 304 g/mol. The maximum absolute atomic E-state index is 13.1. The second-order valence-corrected chi connectivity index (χ2v) is 5.22. The van der Waals surface area contributed by atoms with Crippen LogP contribution in [0.4, 0.5) is 14.5 Å². The Morgan fingerprint density at radius 1 is 1.10 bits per heavy atom. The summed E-state index contributed by atoms with van der Waals surface area (Å²) in [5.74, 6) is -2.30. The van der Waals surface area contributed by atoms with E-state index in [1.165, 1.54) is 17.4 Å². The third-order valence-electron chi connectivity index (χ3n) is 2.91. The topological polar surface area (TPSA) is 34.0 Å². The summed E-state index contributed by atoms with van der Waals surface area (Å²) < 4.78 is 27.8. The number of carbonyl (C=O) groups is 1. The van der Waals surface area contributed by atoms with Crippen LogP contribution in [0.2, 0.25) is 0 Å². The van der Waals surface area contributed by atoms with Gasteiger partial charge in [0.05, 0.1) is 5.69 Å². The van der Waals surface area contributed by atoms with Gasteiger partial charge in [0.1, 0.15) is 4.88 Å². The third kappa shape index (κ3) is 2.71. The zero-order valence-corrected chi connectivity index (χ0v) is 11.5. The van der Waals surface area contributed by atoms with E-state index in [-0.39, 0.29) is 11.6 Å². The van der Waals surface area contributed by atoms with E-state index >= 15 is 0 Å². The highest BCUT2D eigenvalue weighted by atomic mass is 32.1. The molecular weight excluding hydrogens is 294 g/mol. The van der Waals surface area contributed by atoms with Crippen LogP contribution in [0.1, 0.15) is 9.67 Å². The third-order valence-corrected chi connectivity index (χ3v) is 3.81. The van der Waals surface area contributed by atoms with Gasteiger partial charge in [-0.25, -0.2) is 8.78 Å². The maximum atomic E-state index is 13.1. The van der Waals surface area contributed by atoms with Crippen molar-refractivity contribution in [2.45, 2.75) is 0 Å². The molecule has 0 radical (unpaired) electrons. The Morgan fingerprint density at radius 2 is 1.86 bits per heavy atom. The number of hydrogen-bond acceptors (Lipinski definition) is 2. The molecule has 0 aliphatic rings. The number of rotatable bonds is 3. The summed E-state index contributed by atoms with van der Waals surface area (Å²) in [6.07, 6.45) is 3.66. The molecule has 2 aromatic heterocycles. The minimum atomic E-state index is -0.996. The first-order chi connectivity index (χ1) is 10.1. The van der Waals surface area contributed by atoms with Crippen LogP contribution in [0.3, 0.4) is 0 Å². The minimum Gasteiger partial charge on any atom is -0.322 e. The van der Waals surface area contributed by atoms with E-state index in [0.29, 0.717) is 4.88 Å². The van der Waals surface area contributed by atoms with Crippen LogP contribution in [0, 0.1) is 11.6 Å². The van der Waals surface area contributed by atoms with E-state index in [1.54, 1.807) is 5.38 Å². The number of hydrogen-bond donors (Lipinski definition) is 1. The summed E-state index contributed by atoms with van der Waals surface area (Å²) in [4.78, 5) is 12.8. The molecule has 0 unspecified atom stereocenters. The summed E-state index contributed by atoms with van der Waals surface area (Å²) >= 11 is 1.28. The van der Waals surface area contributed by atoms with Gasteiger partial charge < -0.3 is 9.88 Å². The smallest absolute Gasteiger partial charge is 0.267 e. The first-order valence-electron chi connectivity index (χ1n) is 6.12. The Bertz CT molecular complexity index is 781. The molecule has 3 nitrogen and oxygen atoms in total. The van der Waals surface area contributed by atoms with Gasteiger partial charge in [0.15, 0.2) is 11.6 Å². The Hall–Kier alpha value is -2.47. The lowest BCUT2D eigenvalue weighted by atomic mass is 10.3. The van der Waals surface area contributed by atoms with Crippen LogP contribution in [0.15, 0.2) is 54.2 Å². The van der Waals surface area contributed by atoms with Gasteiger partial charge >= 0.3 is 0 Å². The molecule has 0 aliphatic heterocycles. The van der Waals surface area contributed by atoms with Crippen molar-refractivity contribution >= 4 is 22.9 Å². The molecule has 2 heterocycles. The Morgan fingerprint density at radius 3 is 2.57 bits per heavy atom. The van der Waals surface area contributed by atoms with Crippen molar-refractivity contribution in [1.29, 1.82) is 0 Å². The zero-order valence-electron chi connectivity index (χ0n) is 10.7. The lowest BCUT2D eigenvalue weighted by Crippen LogP contribution is -2.12. The second-order valence-electron chi connectivity index (χ2n) is 4.31. The number of nitrogens with zero attached hydrogens (tertiary/aromatic N) is 1. The van der Waals surface area contributed by atoms with E-state index in [9.17, 15) is 13.6 Å². The quantitative estimate of drug-likeness (QED) is 0.777.